The van der Waals surface area contributed by atoms with Gasteiger partial charge in [-0.15, -0.1) is 0 Å². The maximum Gasteiger partial charge on any atom is 0.105 e. The minimum Gasteiger partial charge on any atom is -0.469 e. The highest BCUT2D eigenvalue weighted by Crippen LogP contribution is 2.16. The molecule has 2 atom stereocenters. The quantitative estimate of drug-likeness (QED) is 0.794. The standard InChI is InChI=1S/C14H25NO2/c1-11(9-13-7-6-8-17-13)15-12(2)10-14(3,4)16-5/h6-8,11-12,15H,9-10H2,1-5H3. The summed E-state index contributed by atoms with van der Waals surface area (Å²) in [5.41, 5.74) is -0.0726. The van der Waals surface area contributed by atoms with E-state index in [0.717, 1.165) is 18.6 Å². The van der Waals surface area contributed by atoms with Crippen LogP contribution in [0.2, 0.25) is 0 Å². The van der Waals surface area contributed by atoms with E-state index in [1.54, 1.807) is 13.4 Å². The number of methoxy groups -OCH3 is 1. The van der Waals surface area contributed by atoms with E-state index in [4.69, 9.17) is 9.15 Å². The number of hydrogen-bond donors (Lipinski definition) is 1. The molecule has 17 heavy (non-hydrogen) atoms. The van der Waals surface area contributed by atoms with Crippen LogP contribution in [0.4, 0.5) is 0 Å². The summed E-state index contributed by atoms with van der Waals surface area (Å²) in [5, 5.41) is 3.57. The highest BCUT2D eigenvalue weighted by atomic mass is 16.5. The first kappa shape index (κ1) is 14.3. The van der Waals surface area contributed by atoms with E-state index >= 15 is 0 Å². The van der Waals surface area contributed by atoms with Crippen LogP contribution >= 0.6 is 0 Å². The molecule has 3 nitrogen and oxygen atoms in total. The first-order chi connectivity index (χ1) is 7.93. The molecule has 1 heterocycles. The van der Waals surface area contributed by atoms with Crippen molar-refractivity contribution in [1.82, 2.24) is 5.32 Å². The van der Waals surface area contributed by atoms with Gasteiger partial charge in [0.1, 0.15) is 5.76 Å². The second kappa shape index (κ2) is 6.22. The lowest BCUT2D eigenvalue weighted by atomic mass is 9.99. The number of furan rings is 1. The Bertz CT molecular complexity index is 306. The summed E-state index contributed by atoms with van der Waals surface area (Å²) in [6, 6.07) is 4.78. The zero-order valence-corrected chi connectivity index (χ0v) is 11.6. The molecular formula is C14H25NO2. The summed E-state index contributed by atoms with van der Waals surface area (Å²) in [4.78, 5) is 0. The first-order valence-electron chi connectivity index (χ1n) is 6.26. The van der Waals surface area contributed by atoms with Crippen molar-refractivity contribution in [3.8, 4) is 0 Å². The molecule has 0 saturated carbocycles. The van der Waals surface area contributed by atoms with Crippen LogP contribution in [0.1, 0.15) is 39.9 Å². The second-order valence-corrected chi connectivity index (χ2v) is 5.42. The monoisotopic (exact) mass is 239 g/mol. The first-order valence-corrected chi connectivity index (χ1v) is 6.26. The Morgan fingerprint density at radius 1 is 1.35 bits per heavy atom. The lowest BCUT2D eigenvalue weighted by Gasteiger charge is -2.28. The van der Waals surface area contributed by atoms with Crippen LogP contribution < -0.4 is 5.32 Å². The Kier molecular flexibility index (Phi) is 5.22. The van der Waals surface area contributed by atoms with E-state index in [0.29, 0.717) is 12.1 Å². The molecule has 0 saturated heterocycles. The average Bonchev–Trinajstić information content (AvgIpc) is 2.69. The third-order valence-electron chi connectivity index (χ3n) is 3.01. The minimum atomic E-state index is -0.0726. The highest BCUT2D eigenvalue weighted by molar-refractivity contribution is 5.00. The molecule has 0 spiro atoms. The number of rotatable bonds is 7. The Morgan fingerprint density at radius 3 is 2.59 bits per heavy atom. The summed E-state index contributed by atoms with van der Waals surface area (Å²) >= 11 is 0. The molecule has 1 N–H and O–H groups in total. The average molecular weight is 239 g/mol. The zero-order valence-electron chi connectivity index (χ0n) is 11.6. The molecule has 0 bridgehead atoms. The lowest BCUT2D eigenvalue weighted by molar-refractivity contribution is 0.00783. The van der Waals surface area contributed by atoms with Crippen LogP contribution in [0.5, 0.6) is 0 Å². The molecule has 0 fully saturated rings. The summed E-state index contributed by atoms with van der Waals surface area (Å²) in [6.07, 6.45) is 3.64. The van der Waals surface area contributed by atoms with E-state index < -0.39 is 0 Å². The predicted molar refractivity (Wildman–Crippen MR) is 70.2 cm³/mol. The van der Waals surface area contributed by atoms with E-state index in [2.05, 4.69) is 33.0 Å². The third-order valence-corrected chi connectivity index (χ3v) is 3.01. The van der Waals surface area contributed by atoms with Gasteiger partial charge in [0.25, 0.3) is 0 Å². The topological polar surface area (TPSA) is 34.4 Å². The smallest absolute Gasteiger partial charge is 0.105 e. The molecule has 2 unspecified atom stereocenters. The van der Waals surface area contributed by atoms with Gasteiger partial charge < -0.3 is 14.5 Å². The van der Waals surface area contributed by atoms with Gasteiger partial charge in [0.15, 0.2) is 0 Å². The minimum absolute atomic E-state index is 0.0726. The molecule has 0 aliphatic rings. The van der Waals surface area contributed by atoms with Gasteiger partial charge in [-0.1, -0.05) is 0 Å². The van der Waals surface area contributed by atoms with Crippen LogP contribution in [-0.2, 0) is 11.2 Å². The largest absolute Gasteiger partial charge is 0.469 e. The summed E-state index contributed by atoms with van der Waals surface area (Å²) in [7, 11) is 1.76. The molecule has 0 aliphatic carbocycles. The maximum atomic E-state index is 5.44. The fourth-order valence-electron chi connectivity index (χ4n) is 2.15. The van der Waals surface area contributed by atoms with E-state index in [1.165, 1.54) is 0 Å². The molecule has 1 aromatic heterocycles. The molecule has 98 valence electrons. The molecule has 0 amide bonds. The highest BCUT2D eigenvalue weighted by Gasteiger charge is 2.21. The third kappa shape index (κ3) is 5.37. The van der Waals surface area contributed by atoms with Crippen molar-refractivity contribution in [3.05, 3.63) is 24.2 Å². The SMILES string of the molecule is COC(C)(C)CC(C)NC(C)Cc1ccco1. The Labute approximate surface area is 105 Å². The van der Waals surface area contributed by atoms with Gasteiger partial charge >= 0.3 is 0 Å². The van der Waals surface area contributed by atoms with Crippen LogP contribution in [-0.4, -0.2) is 24.8 Å². The maximum absolute atomic E-state index is 5.44. The lowest BCUT2D eigenvalue weighted by Crippen LogP contribution is -2.40. The normalized spacial score (nSPS) is 15.8. The number of nitrogens with one attached hydrogen (secondary N) is 1. The summed E-state index contributed by atoms with van der Waals surface area (Å²) in [5.74, 6) is 1.03. The van der Waals surface area contributed by atoms with Gasteiger partial charge in [0.05, 0.1) is 11.9 Å². The van der Waals surface area contributed by atoms with Crippen molar-refractivity contribution in [1.29, 1.82) is 0 Å². The van der Waals surface area contributed by atoms with Gasteiger partial charge in [-0.3, -0.25) is 0 Å². The molecule has 1 aromatic rings. The molecular weight excluding hydrogens is 214 g/mol. The summed E-state index contributed by atoms with van der Waals surface area (Å²) < 4.78 is 10.8. The van der Waals surface area contributed by atoms with Crippen molar-refractivity contribution >= 4 is 0 Å². The van der Waals surface area contributed by atoms with Crippen LogP contribution in [0.25, 0.3) is 0 Å². The Hall–Kier alpha value is -0.800. The molecule has 0 aliphatic heterocycles. The van der Waals surface area contributed by atoms with E-state index in [1.807, 2.05) is 12.1 Å². The van der Waals surface area contributed by atoms with Gasteiger partial charge in [0, 0.05) is 25.6 Å². The molecule has 0 radical (unpaired) electrons. The van der Waals surface area contributed by atoms with Crippen molar-refractivity contribution in [2.45, 2.75) is 58.2 Å². The van der Waals surface area contributed by atoms with Gasteiger partial charge in [-0.05, 0) is 46.2 Å². The fourth-order valence-corrected chi connectivity index (χ4v) is 2.15. The van der Waals surface area contributed by atoms with Crippen LogP contribution in [0.15, 0.2) is 22.8 Å². The molecule has 0 aromatic carbocycles. The summed E-state index contributed by atoms with van der Waals surface area (Å²) in [6.45, 7) is 8.60. The number of hydrogen-bond acceptors (Lipinski definition) is 3. The Morgan fingerprint density at radius 2 is 2.06 bits per heavy atom. The van der Waals surface area contributed by atoms with Crippen LogP contribution in [0.3, 0.4) is 0 Å². The number of ether oxygens (including phenoxy) is 1. The van der Waals surface area contributed by atoms with Gasteiger partial charge in [0.2, 0.25) is 0 Å². The van der Waals surface area contributed by atoms with E-state index in [9.17, 15) is 0 Å². The van der Waals surface area contributed by atoms with Crippen molar-refractivity contribution in [3.63, 3.8) is 0 Å². The van der Waals surface area contributed by atoms with Gasteiger partial charge in [-0.2, -0.15) is 0 Å². The van der Waals surface area contributed by atoms with Gasteiger partial charge in [-0.25, -0.2) is 0 Å². The molecule has 1 rings (SSSR count). The zero-order chi connectivity index (χ0) is 12.9. The van der Waals surface area contributed by atoms with Crippen LogP contribution in [0, 0.1) is 0 Å². The Balaban J connectivity index is 2.33. The molecule has 3 heteroatoms. The van der Waals surface area contributed by atoms with Crippen molar-refractivity contribution < 1.29 is 9.15 Å². The van der Waals surface area contributed by atoms with Crippen molar-refractivity contribution in [2.24, 2.45) is 0 Å². The van der Waals surface area contributed by atoms with Crippen molar-refractivity contribution in [2.75, 3.05) is 7.11 Å². The fraction of sp³-hybridized carbons (Fsp3) is 0.714. The second-order valence-electron chi connectivity index (χ2n) is 5.42. The van der Waals surface area contributed by atoms with E-state index in [-0.39, 0.29) is 5.60 Å². The predicted octanol–water partition coefficient (Wildman–Crippen LogP) is 3.00.